The average Bonchev–Trinajstić information content (AvgIpc) is 3.28. The fourth-order valence-electron chi connectivity index (χ4n) is 2.17. The Labute approximate surface area is 122 Å². The van der Waals surface area contributed by atoms with Crippen molar-refractivity contribution >= 4 is 11.6 Å². The molecule has 1 aromatic carbocycles. The van der Waals surface area contributed by atoms with Crippen LogP contribution in [0.1, 0.15) is 30.0 Å². The fourth-order valence-corrected chi connectivity index (χ4v) is 2.44. The number of ether oxygens (including phenoxy) is 1. The van der Waals surface area contributed by atoms with Crippen molar-refractivity contribution in [2.24, 2.45) is 0 Å². The topological polar surface area (TPSA) is 44.1 Å². The zero-order valence-electron chi connectivity index (χ0n) is 11.2. The van der Waals surface area contributed by atoms with Crippen LogP contribution in [-0.2, 0) is 6.54 Å². The van der Waals surface area contributed by atoms with E-state index in [-0.39, 0.29) is 5.56 Å². The Morgan fingerprint density at radius 3 is 2.85 bits per heavy atom. The van der Waals surface area contributed by atoms with Gasteiger partial charge in [-0.2, -0.15) is 5.10 Å². The summed E-state index contributed by atoms with van der Waals surface area (Å²) in [4.78, 5) is 11.9. The predicted octanol–water partition coefficient (Wildman–Crippen LogP) is 2.83. The van der Waals surface area contributed by atoms with Crippen LogP contribution in [0.2, 0.25) is 5.02 Å². The molecule has 0 N–H and O–H groups in total. The van der Waals surface area contributed by atoms with Gasteiger partial charge < -0.3 is 4.74 Å². The Morgan fingerprint density at radius 1 is 1.35 bits per heavy atom. The van der Waals surface area contributed by atoms with Crippen molar-refractivity contribution in [3.8, 4) is 5.75 Å². The number of nitrogens with zero attached hydrogens (tertiary/aromatic N) is 2. The van der Waals surface area contributed by atoms with Gasteiger partial charge in [0.2, 0.25) is 0 Å². The summed E-state index contributed by atoms with van der Waals surface area (Å²) in [5.74, 6) is 1.12. The number of halogens is 1. The third-order valence-corrected chi connectivity index (χ3v) is 3.90. The van der Waals surface area contributed by atoms with Crippen molar-refractivity contribution in [1.29, 1.82) is 0 Å². The third kappa shape index (κ3) is 2.56. The number of hydrogen-bond donors (Lipinski definition) is 0. The summed E-state index contributed by atoms with van der Waals surface area (Å²) in [5, 5.41) is 4.96. The second-order valence-electron chi connectivity index (χ2n) is 4.96. The van der Waals surface area contributed by atoms with Crippen LogP contribution in [0.5, 0.6) is 5.75 Å². The summed E-state index contributed by atoms with van der Waals surface area (Å²) in [6.07, 6.45) is 2.32. The molecule has 0 unspecified atom stereocenters. The van der Waals surface area contributed by atoms with Crippen molar-refractivity contribution < 1.29 is 4.74 Å². The van der Waals surface area contributed by atoms with Gasteiger partial charge in [-0.25, -0.2) is 4.68 Å². The van der Waals surface area contributed by atoms with E-state index in [1.165, 1.54) is 4.68 Å². The first-order valence-electron chi connectivity index (χ1n) is 6.58. The van der Waals surface area contributed by atoms with Gasteiger partial charge in [-0.1, -0.05) is 23.7 Å². The van der Waals surface area contributed by atoms with Crippen molar-refractivity contribution in [3.05, 3.63) is 57.0 Å². The van der Waals surface area contributed by atoms with Gasteiger partial charge >= 0.3 is 0 Å². The van der Waals surface area contributed by atoms with E-state index in [0.29, 0.717) is 23.2 Å². The van der Waals surface area contributed by atoms with Crippen LogP contribution in [0.3, 0.4) is 0 Å². The maximum absolute atomic E-state index is 11.9. The van der Waals surface area contributed by atoms with Gasteiger partial charge in [0, 0.05) is 12.0 Å². The quantitative estimate of drug-likeness (QED) is 0.870. The first-order valence-corrected chi connectivity index (χ1v) is 6.96. The van der Waals surface area contributed by atoms with Crippen molar-refractivity contribution in [2.45, 2.75) is 25.3 Å². The number of rotatable bonds is 4. The second-order valence-corrected chi connectivity index (χ2v) is 5.34. The zero-order valence-corrected chi connectivity index (χ0v) is 11.9. The number of hydrogen-bond acceptors (Lipinski definition) is 3. The molecular formula is C15H15ClN2O2. The van der Waals surface area contributed by atoms with Gasteiger partial charge in [-0.15, -0.1) is 0 Å². The van der Waals surface area contributed by atoms with E-state index in [1.807, 2.05) is 18.2 Å². The van der Waals surface area contributed by atoms with E-state index in [2.05, 4.69) is 5.10 Å². The Hall–Kier alpha value is -1.81. The highest BCUT2D eigenvalue weighted by atomic mass is 35.5. The lowest BCUT2D eigenvalue weighted by molar-refractivity contribution is 0.414. The third-order valence-electron chi connectivity index (χ3n) is 3.47. The minimum Gasteiger partial charge on any atom is -0.495 e. The van der Waals surface area contributed by atoms with Crippen molar-refractivity contribution in [3.63, 3.8) is 0 Å². The number of aromatic nitrogens is 2. The molecule has 1 heterocycles. The minimum atomic E-state index is -0.117. The Morgan fingerprint density at radius 2 is 2.15 bits per heavy atom. The molecule has 1 aliphatic carbocycles. The molecule has 0 saturated heterocycles. The van der Waals surface area contributed by atoms with Crippen LogP contribution in [0.4, 0.5) is 0 Å². The lowest BCUT2D eigenvalue weighted by atomic mass is 10.2. The molecule has 20 heavy (non-hydrogen) atoms. The smallest absolute Gasteiger partial charge is 0.267 e. The van der Waals surface area contributed by atoms with E-state index in [4.69, 9.17) is 16.3 Å². The predicted molar refractivity (Wildman–Crippen MR) is 77.6 cm³/mol. The van der Waals surface area contributed by atoms with Crippen LogP contribution in [0, 0.1) is 0 Å². The summed E-state index contributed by atoms with van der Waals surface area (Å²) in [7, 11) is 1.57. The Bertz CT molecular complexity index is 693. The van der Waals surface area contributed by atoms with E-state index in [9.17, 15) is 4.79 Å². The van der Waals surface area contributed by atoms with Gasteiger partial charge in [0.25, 0.3) is 5.56 Å². The molecule has 104 valence electrons. The molecule has 1 saturated carbocycles. The summed E-state index contributed by atoms with van der Waals surface area (Å²) >= 11 is 6.26. The maximum atomic E-state index is 11.9. The lowest BCUT2D eigenvalue weighted by Gasteiger charge is -2.10. The summed E-state index contributed by atoms with van der Waals surface area (Å²) in [6, 6.07) is 8.93. The van der Waals surface area contributed by atoms with E-state index in [1.54, 1.807) is 19.2 Å². The molecule has 3 rings (SSSR count). The van der Waals surface area contributed by atoms with E-state index >= 15 is 0 Å². The Kier molecular flexibility index (Phi) is 3.49. The molecule has 1 aromatic heterocycles. The molecule has 0 atom stereocenters. The monoisotopic (exact) mass is 290 g/mol. The summed E-state index contributed by atoms with van der Waals surface area (Å²) in [5.41, 5.74) is 1.70. The molecule has 2 aromatic rings. The zero-order chi connectivity index (χ0) is 14.1. The largest absolute Gasteiger partial charge is 0.495 e. The Balaban J connectivity index is 1.94. The van der Waals surface area contributed by atoms with Gasteiger partial charge in [0.1, 0.15) is 5.75 Å². The molecule has 0 radical (unpaired) electrons. The molecule has 0 aliphatic heterocycles. The number of benzene rings is 1. The normalized spacial score (nSPS) is 14.3. The lowest BCUT2D eigenvalue weighted by Crippen LogP contribution is -2.23. The molecule has 1 fully saturated rings. The van der Waals surface area contributed by atoms with Gasteiger partial charge in [-0.3, -0.25) is 4.79 Å². The summed E-state index contributed by atoms with van der Waals surface area (Å²) < 4.78 is 6.65. The molecular weight excluding hydrogens is 276 g/mol. The van der Waals surface area contributed by atoms with Gasteiger partial charge in [0.15, 0.2) is 0 Å². The molecule has 5 heteroatoms. The average molecular weight is 291 g/mol. The SMILES string of the molecule is COc1cccc(Cn2nc(C3CC3)ccc2=O)c1Cl. The van der Waals surface area contributed by atoms with Crippen molar-refractivity contribution in [2.75, 3.05) is 7.11 Å². The molecule has 0 spiro atoms. The number of methoxy groups -OCH3 is 1. The first-order chi connectivity index (χ1) is 9.69. The maximum Gasteiger partial charge on any atom is 0.267 e. The van der Waals surface area contributed by atoms with E-state index < -0.39 is 0 Å². The van der Waals surface area contributed by atoms with Crippen LogP contribution in [0.25, 0.3) is 0 Å². The van der Waals surface area contributed by atoms with Crippen LogP contribution in [0.15, 0.2) is 35.1 Å². The molecule has 4 nitrogen and oxygen atoms in total. The summed E-state index contributed by atoms with van der Waals surface area (Å²) in [6.45, 7) is 0.357. The standard InChI is InChI=1S/C15H15ClN2O2/c1-20-13-4-2-3-11(15(13)16)9-18-14(19)8-7-12(17-18)10-5-6-10/h2-4,7-8,10H,5-6,9H2,1H3. The highest BCUT2D eigenvalue weighted by Gasteiger charge is 2.25. The van der Waals surface area contributed by atoms with E-state index in [0.717, 1.165) is 24.1 Å². The van der Waals surface area contributed by atoms with Crippen molar-refractivity contribution in [1.82, 2.24) is 9.78 Å². The molecule has 0 bridgehead atoms. The molecule has 0 amide bonds. The highest BCUT2D eigenvalue weighted by molar-refractivity contribution is 6.32. The first kappa shape index (κ1) is 13.2. The van der Waals surface area contributed by atoms with Gasteiger partial charge in [0.05, 0.1) is 24.4 Å². The highest BCUT2D eigenvalue weighted by Crippen LogP contribution is 2.38. The van der Waals surface area contributed by atoms with Crippen LogP contribution < -0.4 is 10.3 Å². The minimum absolute atomic E-state index is 0.117. The van der Waals surface area contributed by atoms with Crippen LogP contribution in [-0.4, -0.2) is 16.9 Å². The second kappa shape index (κ2) is 5.29. The van der Waals surface area contributed by atoms with Crippen LogP contribution >= 0.6 is 11.6 Å². The molecule has 1 aliphatic rings. The van der Waals surface area contributed by atoms with Gasteiger partial charge in [-0.05, 0) is 30.5 Å². The fraction of sp³-hybridized carbons (Fsp3) is 0.333.